The summed E-state index contributed by atoms with van der Waals surface area (Å²) in [6.07, 6.45) is 0.920. The molecule has 0 rings (SSSR count). The number of hydrogen-bond donors (Lipinski definition) is 1. The van der Waals surface area contributed by atoms with Crippen LogP contribution in [0.25, 0.3) is 0 Å². The molecule has 8 heavy (non-hydrogen) atoms. The largest absolute Gasteiger partial charge is 0.502 e. The molecule has 0 amide bonds. The number of aliphatic hydroxyl groups excluding tert-OH is 1. The van der Waals surface area contributed by atoms with Gasteiger partial charge in [0, 0.05) is 0 Å². The molecule has 0 atom stereocenters. The summed E-state index contributed by atoms with van der Waals surface area (Å²) in [4.78, 5) is 10.1. The van der Waals surface area contributed by atoms with Crippen molar-refractivity contribution in [3.8, 4) is 0 Å². The van der Waals surface area contributed by atoms with Gasteiger partial charge in [-0.2, -0.15) is 0 Å². The Balaban J connectivity index is 3.65. The van der Waals surface area contributed by atoms with Crippen molar-refractivity contribution in [2.75, 3.05) is 0 Å². The summed E-state index contributed by atoms with van der Waals surface area (Å²) in [7, 11) is 0. The molecule has 0 aromatic carbocycles. The lowest BCUT2D eigenvalue weighted by atomic mass is 10.6. The van der Waals surface area contributed by atoms with E-state index in [1.54, 1.807) is 0 Å². The van der Waals surface area contributed by atoms with E-state index in [1.807, 2.05) is 0 Å². The number of aliphatic hydroxyl groups is 1. The maximum Gasteiger partial charge on any atom is 0.377 e. The van der Waals surface area contributed by atoms with Gasteiger partial charge >= 0.3 is 5.97 Å². The molecule has 0 aromatic rings. The zero-order valence-corrected chi connectivity index (χ0v) is 4.26. The number of rotatable bonds is 2. The van der Waals surface area contributed by atoms with Crippen molar-refractivity contribution in [3.63, 3.8) is 0 Å². The molecule has 3 nitrogen and oxygen atoms in total. The monoisotopic (exact) mass is 114 g/mol. The van der Waals surface area contributed by atoms with Gasteiger partial charge in [-0.1, -0.05) is 6.58 Å². The summed E-state index contributed by atoms with van der Waals surface area (Å²) < 4.78 is 4.08. The molecule has 0 saturated carbocycles. The minimum absolute atomic E-state index is 0.620. The quantitative estimate of drug-likeness (QED) is 0.327. The van der Waals surface area contributed by atoms with Gasteiger partial charge in [0.1, 0.15) is 0 Å². The number of esters is 1. The van der Waals surface area contributed by atoms with Crippen LogP contribution < -0.4 is 0 Å². The van der Waals surface area contributed by atoms with Crippen molar-refractivity contribution in [1.29, 1.82) is 0 Å². The van der Waals surface area contributed by atoms with E-state index in [0.29, 0.717) is 0 Å². The van der Waals surface area contributed by atoms with Crippen LogP contribution in [-0.4, -0.2) is 11.1 Å². The van der Waals surface area contributed by atoms with Gasteiger partial charge in [0.25, 0.3) is 0 Å². The van der Waals surface area contributed by atoms with Crippen LogP contribution in [0.1, 0.15) is 0 Å². The summed E-state index contributed by atoms with van der Waals surface area (Å²) in [5.41, 5.74) is 0. The molecule has 0 spiro atoms. The van der Waals surface area contributed by atoms with Crippen molar-refractivity contribution in [3.05, 3.63) is 25.2 Å². The van der Waals surface area contributed by atoms with E-state index in [-0.39, 0.29) is 0 Å². The van der Waals surface area contributed by atoms with Gasteiger partial charge in [-0.25, -0.2) is 4.79 Å². The fourth-order valence-electron chi connectivity index (χ4n) is 0.144. The predicted molar refractivity (Wildman–Crippen MR) is 28.1 cm³/mol. The van der Waals surface area contributed by atoms with Gasteiger partial charge in [0.15, 0.2) is 5.76 Å². The summed E-state index contributed by atoms with van der Waals surface area (Å²) in [5, 5.41) is 8.24. The Kier molecular flexibility index (Phi) is 2.40. The van der Waals surface area contributed by atoms with E-state index in [0.717, 1.165) is 6.26 Å². The van der Waals surface area contributed by atoms with Gasteiger partial charge in [-0.15, -0.1) is 0 Å². The van der Waals surface area contributed by atoms with E-state index >= 15 is 0 Å². The van der Waals surface area contributed by atoms with Gasteiger partial charge in [-0.3, -0.25) is 0 Å². The molecule has 0 aromatic heterocycles. The number of hydrogen-bond acceptors (Lipinski definition) is 3. The topological polar surface area (TPSA) is 46.5 Å². The standard InChI is InChI=1S/C5H6O3/c1-3-8-5(7)4(2)6/h3,6H,1-2H2. The van der Waals surface area contributed by atoms with Gasteiger partial charge < -0.3 is 9.84 Å². The summed E-state index contributed by atoms with van der Waals surface area (Å²) in [6.45, 7) is 5.99. The molecule has 0 aliphatic heterocycles. The second-order valence-electron chi connectivity index (χ2n) is 1.02. The molecule has 44 valence electrons. The fourth-order valence-corrected chi connectivity index (χ4v) is 0.144. The van der Waals surface area contributed by atoms with Crippen molar-refractivity contribution in [2.24, 2.45) is 0 Å². The molecule has 0 radical (unpaired) electrons. The molecule has 0 heterocycles. The SMILES string of the molecule is C=COC(=O)C(=C)O. The van der Waals surface area contributed by atoms with E-state index in [2.05, 4.69) is 17.9 Å². The fraction of sp³-hybridized carbons (Fsp3) is 0. The molecule has 0 bridgehead atoms. The lowest BCUT2D eigenvalue weighted by molar-refractivity contribution is -0.136. The first kappa shape index (κ1) is 6.75. The highest BCUT2D eigenvalue weighted by molar-refractivity contribution is 5.85. The van der Waals surface area contributed by atoms with Crippen molar-refractivity contribution in [2.45, 2.75) is 0 Å². The minimum Gasteiger partial charge on any atom is -0.502 e. The van der Waals surface area contributed by atoms with Crippen LogP contribution in [0.2, 0.25) is 0 Å². The highest BCUT2D eigenvalue weighted by atomic mass is 16.5. The van der Waals surface area contributed by atoms with Crippen molar-refractivity contribution < 1.29 is 14.6 Å². The lowest BCUT2D eigenvalue weighted by Gasteiger charge is -1.91. The summed E-state index contributed by atoms with van der Waals surface area (Å²) in [6, 6.07) is 0. The van der Waals surface area contributed by atoms with Crippen molar-refractivity contribution in [1.82, 2.24) is 0 Å². The second kappa shape index (κ2) is 2.85. The maximum absolute atomic E-state index is 10.1. The third kappa shape index (κ3) is 2.02. The van der Waals surface area contributed by atoms with E-state index in [9.17, 15) is 4.79 Å². The van der Waals surface area contributed by atoms with Gasteiger partial charge in [0.2, 0.25) is 0 Å². The number of carbonyl (C=O) groups excluding carboxylic acids is 1. The predicted octanol–water partition coefficient (Wildman–Crippen LogP) is 0.745. The maximum atomic E-state index is 10.1. The zero-order chi connectivity index (χ0) is 6.57. The second-order valence-corrected chi connectivity index (χ2v) is 1.02. The smallest absolute Gasteiger partial charge is 0.377 e. The van der Waals surface area contributed by atoms with E-state index in [1.165, 1.54) is 0 Å². The first-order valence-corrected chi connectivity index (χ1v) is 1.88. The Morgan fingerprint density at radius 1 is 1.75 bits per heavy atom. The zero-order valence-electron chi connectivity index (χ0n) is 4.26. The third-order valence-electron chi connectivity index (χ3n) is 0.426. The first-order chi connectivity index (χ1) is 3.68. The molecule has 0 aliphatic carbocycles. The number of carbonyl (C=O) groups is 1. The van der Waals surface area contributed by atoms with E-state index < -0.39 is 11.7 Å². The van der Waals surface area contributed by atoms with Gasteiger partial charge in [-0.05, 0) is 6.58 Å². The molecular weight excluding hydrogens is 108 g/mol. The Hall–Kier alpha value is -1.25. The van der Waals surface area contributed by atoms with Crippen LogP contribution in [0.4, 0.5) is 0 Å². The average Bonchev–Trinajstić information content (AvgIpc) is 1.67. The Bertz CT molecular complexity index is 126. The van der Waals surface area contributed by atoms with Crippen LogP contribution in [0, 0.1) is 0 Å². The number of ether oxygens (including phenoxy) is 1. The molecule has 0 aliphatic rings. The normalized spacial score (nSPS) is 7.50. The first-order valence-electron chi connectivity index (χ1n) is 1.88. The molecule has 0 saturated heterocycles. The lowest BCUT2D eigenvalue weighted by Crippen LogP contribution is -2.00. The molecule has 0 fully saturated rings. The van der Waals surface area contributed by atoms with Crippen LogP contribution in [-0.2, 0) is 9.53 Å². The van der Waals surface area contributed by atoms with Crippen LogP contribution in [0.5, 0.6) is 0 Å². The summed E-state index contributed by atoms with van der Waals surface area (Å²) in [5.74, 6) is -1.50. The van der Waals surface area contributed by atoms with Gasteiger partial charge in [0.05, 0.1) is 6.26 Å². The van der Waals surface area contributed by atoms with Crippen molar-refractivity contribution >= 4 is 5.97 Å². The van der Waals surface area contributed by atoms with E-state index in [4.69, 9.17) is 5.11 Å². The molecular formula is C5H6O3. The van der Waals surface area contributed by atoms with Crippen LogP contribution >= 0.6 is 0 Å². The van der Waals surface area contributed by atoms with Crippen LogP contribution in [0.15, 0.2) is 25.2 Å². The third-order valence-corrected chi connectivity index (χ3v) is 0.426. The summed E-state index contributed by atoms with van der Waals surface area (Å²) >= 11 is 0. The molecule has 0 unspecified atom stereocenters. The average molecular weight is 114 g/mol. The van der Waals surface area contributed by atoms with Crippen LogP contribution in [0.3, 0.4) is 0 Å². The Morgan fingerprint density at radius 2 is 2.25 bits per heavy atom. The Morgan fingerprint density at radius 3 is 2.38 bits per heavy atom. The minimum atomic E-state index is -0.875. The highest BCUT2D eigenvalue weighted by Gasteiger charge is 2.01. The molecule has 1 N–H and O–H groups in total. The Labute approximate surface area is 46.9 Å². The highest BCUT2D eigenvalue weighted by Crippen LogP contribution is 1.86. The molecule has 3 heteroatoms.